The average Bonchev–Trinajstić information content (AvgIpc) is 3.19. The van der Waals surface area contributed by atoms with Gasteiger partial charge in [0.1, 0.15) is 52.6 Å². The molecule has 17 heteroatoms. The molecule has 0 radical (unpaired) electrons. The van der Waals surface area contributed by atoms with Gasteiger partial charge < -0.3 is 68.0 Å². The van der Waals surface area contributed by atoms with Crippen LogP contribution in [-0.2, 0) is 16.1 Å². The summed E-state index contributed by atoms with van der Waals surface area (Å²) in [4.78, 5) is 30.4. The summed E-state index contributed by atoms with van der Waals surface area (Å²) < 4.78 is 45.0. The number of piperazine rings is 1. The summed E-state index contributed by atoms with van der Waals surface area (Å²) in [5.41, 5.74) is 0.655. The van der Waals surface area contributed by atoms with Gasteiger partial charge in [-0.25, -0.2) is 0 Å². The Morgan fingerprint density at radius 2 is 1.53 bits per heavy atom. The number of fused-ring (bicyclic) bond motifs is 1. The molecule has 2 aliphatic heterocycles. The quantitative estimate of drug-likeness (QED) is 0.129. The highest BCUT2D eigenvalue weighted by atomic mass is 16.7. The largest absolute Gasteiger partial charge is 0.507 e. The summed E-state index contributed by atoms with van der Waals surface area (Å²) in [5.74, 6) is 1.50. The maximum Gasteiger partial charge on any atom is 0.260 e. The molecule has 0 aliphatic carbocycles. The molecule has 4 aromatic rings. The van der Waals surface area contributed by atoms with Gasteiger partial charge in [-0.3, -0.25) is 14.5 Å². The van der Waals surface area contributed by atoms with E-state index in [0.717, 1.165) is 11.6 Å². The summed E-state index contributed by atoms with van der Waals surface area (Å²) in [6.07, 6.45) is -7.75. The first-order valence-electron chi connectivity index (χ1n) is 17.4. The van der Waals surface area contributed by atoms with Crippen LogP contribution in [0, 0.1) is 0 Å². The molecule has 5 N–H and O–H groups in total. The first kappa shape index (κ1) is 39.4. The molecular formula is C38H44N2O15. The number of rotatable bonds is 13. The predicted molar refractivity (Wildman–Crippen MR) is 194 cm³/mol. The number of nitrogens with zero attached hydrogens (tertiary/aromatic N) is 2. The number of aliphatic hydroxyl groups excluding tert-OH is 4. The van der Waals surface area contributed by atoms with Crippen LogP contribution in [0.25, 0.3) is 22.3 Å². The van der Waals surface area contributed by atoms with Crippen LogP contribution in [0.4, 0.5) is 0 Å². The standard InChI is InChI=1S/C38H44N2O15/c1-48-25-7-5-20(27-16-24(43)32-23(42)14-22(15-29(32)54-27)53-38-35(47)34(46)33(45)30(18-41)55-38)13-28(25)52-19-31(44)40-11-9-39(10-12-40)17-21-6-8-26(49-2)37(51-4)36(21)50-3/h5-8,13-16,30,33-35,38,41-42,45-47H,9-12,17-19H2,1-4H3/t30-,33-,34+,35-,38?/m1/s1. The lowest BCUT2D eigenvalue weighted by Gasteiger charge is -2.39. The molecule has 2 fully saturated rings. The molecule has 296 valence electrons. The molecule has 17 nitrogen and oxygen atoms in total. The number of aliphatic hydroxyl groups is 4. The van der Waals surface area contributed by atoms with E-state index >= 15 is 0 Å². The molecule has 1 aromatic heterocycles. The van der Waals surface area contributed by atoms with Crippen molar-refractivity contribution < 1.29 is 67.9 Å². The number of hydrogen-bond donors (Lipinski definition) is 5. The molecule has 2 saturated heterocycles. The Balaban J connectivity index is 1.13. The second-order valence-corrected chi connectivity index (χ2v) is 12.9. The fraction of sp³-hybridized carbons (Fsp3) is 0.421. The van der Waals surface area contributed by atoms with Crippen molar-refractivity contribution in [1.82, 2.24) is 9.80 Å². The third-order valence-corrected chi connectivity index (χ3v) is 9.59. The van der Waals surface area contributed by atoms with Crippen LogP contribution in [0.15, 0.2) is 57.7 Å². The molecule has 3 aromatic carbocycles. The van der Waals surface area contributed by atoms with E-state index in [0.29, 0.717) is 61.3 Å². The van der Waals surface area contributed by atoms with Crippen LogP contribution in [0.3, 0.4) is 0 Å². The minimum absolute atomic E-state index is 0.0840. The Hall–Kier alpha value is -5.30. The van der Waals surface area contributed by atoms with E-state index in [4.69, 9.17) is 37.6 Å². The number of benzene rings is 3. The fourth-order valence-corrected chi connectivity index (χ4v) is 6.61. The minimum atomic E-state index is -1.71. The van der Waals surface area contributed by atoms with Crippen LogP contribution in [0.5, 0.6) is 40.2 Å². The molecule has 55 heavy (non-hydrogen) atoms. The lowest BCUT2D eigenvalue weighted by molar-refractivity contribution is -0.277. The third kappa shape index (κ3) is 8.22. The Morgan fingerprint density at radius 3 is 2.20 bits per heavy atom. The fourth-order valence-electron chi connectivity index (χ4n) is 6.61. The van der Waals surface area contributed by atoms with Crippen molar-refractivity contribution in [3.8, 4) is 51.6 Å². The normalized spacial score (nSPS) is 21.6. The highest BCUT2D eigenvalue weighted by Gasteiger charge is 2.44. The van der Waals surface area contributed by atoms with Crippen molar-refractivity contribution in [2.24, 2.45) is 0 Å². The van der Waals surface area contributed by atoms with Gasteiger partial charge in [-0.1, -0.05) is 6.07 Å². The van der Waals surface area contributed by atoms with Gasteiger partial charge in [0, 0.05) is 62.0 Å². The Kier molecular flexibility index (Phi) is 12.2. The maximum atomic E-state index is 13.3. The number of methoxy groups -OCH3 is 4. The second-order valence-electron chi connectivity index (χ2n) is 12.9. The SMILES string of the molecule is COc1ccc(-c2cc(=O)c3c(O)cc(OC4O[C@H](CO)[C@@H](O)[C@H](O)[C@H]4O)cc3o2)cc1OCC(=O)N1CCN(Cc2ccc(OC)c(OC)c2OC)CC1. The summed E-state index contributed by atoms with van der Waals surface area (Å²) in [5, 5.41) is 50.6. The second kappa shape index (κ2) is 17.0. The molecule has 1 unspecified atom stereocenters. The molecule has 2 aliphatic rings. The van der Waals surface area contributed by atoms with E-state index in [1.165, 1.54) is 19.2 Å². The highest BCUT2D eigenvalue weighted by molar-refractivity contribution is 5.86. The van der Waals surface area contributed by atoms with Crippen LogP contribution < -0.4 is 33.8 Å². The molecular weight excluding hydrogens is 724 g/mol. The number of ether oxygens (including phenoxy) is 7. The predicted octanol–water partition coefficient (Wildman–Crippen LogP) is 1.10. The number of hydrogen-bond acceptors (Lipinski definition) is 16. The molecule has 0 spiro atoms. The number of phenolic OH excluding ortho intramolecular Hbond substituents is 1. The van der Waals surface area contributed by atoms with E-state index in [2.05, 4.69) is 4.90 Å². The van der Waals surface area contributed by atoms with Gasteiger partial charge in [-0.15, -0.1) is 0 Å². The summed E-state index contributed by atoms with van der Waals surface area (Å²) in [6, 6.07) is 12.1. The van der Waals surface area contributed by atoms with Crippen molar-refractivity contribution in [3.05, 3.63) is 64.3 Å². The molecule has 6 rings (SSSR count). The van der Waals surface area contributed by atoms with Crippen molar-refractivity contribution in [1.29, 1.82) is 0 Å². The van der Waals surface area contributed by atoms with Crippen LogP contribution >= 0.6 is 0 Å². The van der Waals surface area contributed by atoms with Crippen LogP contribution in [0.2, 0.25) is 0 Å². The number of aromatic hydroxyl groups is 1. The topological polar surface area (TPSA) is 220 Å². The molecule has 5 atom stereocenters. The molecule has 1 amide bonds. The van der Waals surface area contributed by atoms with Gasteiger partial charge in [0.15, 0.2) is 35.0 Å². The maximum absolute atomic E-state index is 13.3. The van der Waals surface area contributed by atoms with E-state index < -0.39 is 48.5 Å². The van der Waals surface area contributed by atoms with Crippen LogP contribution in [0.1, 0.15) is 5.56 Å². The minimum Gasteiger partial charge on any atom is -0.507 e. The molecule has 3 heterocycles. The first-order valence-corrected chi connectivity index (χ1v) is 17.4. The zero-order valence-electron chi connectivity index (χ0n) is 30.7. The highest BCUT2D eigenvalue weighted by Crippen LogP contribution is 2.40. The number of amides is 1. The molecule has 0 bridgehead atoms. The summed E-state index contributed by atoms with van der Waals surface area (Å²) in [7, 11) is 6.15. The Labute approximate surface area is 315 Å². The van der Waals surface area contributed by atoms with E-state index in [1.54, 1.807) is 44.4 Å². The number of phenols is 1. The zero-order chi connectivity index (χ0) is 39.4. The lowest BCUT2D eigenvalue weighted by Crippen LogP contribution is -2.60. The van der Waals surface area contributed by atoms with Gasteiger partial charge in [0.05, 0.1) is 35.0 Å². The van der Waals surface area contributed by atoms with E-state index in [-0.39, 0.29) is 40.7 Å². The van der Waals surface area contributed by atoms with Crippen molar-refractivity contribution in [2.75, 3.05) is 67.8 Å². The monoisotopic (exact) mass is 768 g/mol. The smallest absolute Gasteiger partial charge is 0.260 e. The van der Waals surface area contributed by atoms with Gasteiger partial charge in [-0.2, -0.15) is 0 Å². The number of carbonyl (C=O) groups is 1. The average molecular weight is 769 g/mol. The van der Waals surface area contributed by atoms with Crippen molar-refractivity contribution >= 4 is 16.9 Å². The zero-order valence-corrected chi connectivity index (χ0v) is 30.7. The Bertz CT molecular complexity index is 2040. The van der Waals surface area contributed by atoms with Gasteiger partial charge in [0.25, 0.3) is 5.91 Å². The van der Waals surface area contributed by atoms with E-state index in [1.807, 2.05) is 12.1 Å². The molecule has 0 saturated carbocycles. The first-order chi connectivity index (χ1) is 26.5. The van der Waals surface area contributed by atoms with Gasteiger partial charge in [-0.05, 0) is 24.3 Å². The van der Waals surface area contributed by atoms with Crippen molar-refractivity contribution in [2.45, 2.75) is 37.3 Å². The number of carbonyl (C=O) groups excluding carboxylic acids is 1. The van der Waals surface area contributed by atoms with E-state index in [9.17, 15) is 35.1 Å². The summed E-state index contributed by atoms with van der Waals surface area (Å²) >= 11 is 0. The lowest BCUT2D eigenvalue weighted by atomic mass is 9.99. The van der Waals surface area contributed by atoms with Crippen LogP contribution in [-0.4, -0.2) is 140 Å². The Morgan fingerprint density at radius 1 is 0.818 bits per heavy atom. The van der Waals surface area contributed by atoms with Gasteiger partial charge >= 0.3 is 0 Å². The van der Waals surface area contributed by atoms with Gasteiger partial charge in [0.2, 0.25) is 12.0 Å². The summed E-state index contributed by atoms with van der Waals surface area (Å²) in [6.45, 7) is 1.84. The third-order valence-electron chi connectivity index (χ3n) is 9.59. The van der Waals surface area contributed by atoms with Crippen molar-refractivity contribution in [3.63, 3.8) is 0 Å².